The zero-order valence-electron chi connectivity index (χ0n) is 17.2. The monoisotopic (exact) mass is 463 g/mol. The minimum atomic E-state index is -1.05. The minimum absolute atomic E-state index is 0.130. The SMILES string of the molecule is O=C1[C@@H]2[C@H](ON(c3cccc([N+](=O)[O-])c3)[C@H]2c2ccccc2Cl)C(=O)N1Cc1ccccc1. The van der Waals surface area contributed by atoms with Crippen LogP contribution in [0, 0.1) is 16.0 Å². The second-order valence-electron chi connectivity index (χ2n) is 7.87. The van der Waals surface area contributed by atoms with Gasteiger partial charge < -0.3 is 0 Å². The number of nitro groups is 1. The van der Waals surface area contributed by atoms with Crippen LogP contribution < -0.4 is 5.06 Å². The van der Waals surface area contributed by atoms with Crippen LogP contribution in [0.1, 0.15) is 17.2 Å². The van der Waals surface area contributed by atoms with Gasteiger partial charge in [0.05, 0.1) is 23.2 Å². The summed E-state index contributed by atoms with van der Waals surface area (Å²) >= 11 is 6.48. The van der Waals surface area contributed by atoms with Crippen molar-refractivity contribution < 1.29 is 19.3 Å². The summed E-state index contributed by atoms with van der Waals surface area (Å²) < 4.78 is 0. The minimum Gasteiger partial charge on any atom is -0.275 e. The van der Waals surface area contributed by atoms with Gasteiger partial charge in [-0.2, -0.15) is 0 Å². The van der Waals surface area contributed by atoms with Gasteiger partial charge in [-0.15, -0.1) is 0 Å². The largest absolute Gasteiger partial charge is 0.275 e. The van der Waals surface area contributed by atoms with E-state index in [0.717, 1.165) is 5.56 Å². The number of non-ortho nitro benzene ring substituents is 1. The molecule has 5 rings (SSSR count). The Morgan fingerprint density at radius 3 is 2.39 bits per heavy atom. The van der Waals surface area contributed by atoms with E-state index in [-0.39, 0.29) is 18.1 Å². The van der Waals surface area contributed by atoms with E-state index >= 15 is 0 Å². The Morgan fingerprint density at radius 2 is 1.67 bits per heavy atom. The molecular formula is C24H18ClN3O5. The molecule has 2 heterocycles. The standard InChI is InChI=1S/C24H18ClN3O5/c25-19-12-5-4-11-18(19)21-20-22(33-27(21)16-9-6-10-17(13-16)28(31)32)24(30)26(23(20)29)14-15-7-2-1-3-8-15/h1-13,20-22H,14H2/t20-,21-,22-/m0/s1. The Morgan fingerprint density at radius 1 is 0.939 bits per heavy atom. The van der Waals surface area contributed by atoms with Crippen molar-refractivity contribution in [3.8, 4) is 0 Å². The van der Waals surface area contributed by atoms with Crippen LogP contribution in [-0.4, -0.2) is 27.7 Å². The Kier molecular flexibility index (Phi) is 5.32. The lowest BCUT2D eigenvalue weighted by Crippen LogP contribution is -2.37. The Bertz CT molecular complexity index is 1250. The summed E-state index contributed by atoms with van der Waals surface area (Å²) in [6.07, 6.45) is -1.05. The molecule has 2 aliphatic heterocycles. The molecule has 0 N–H and O–H groups in total. The molecule has 2 amide bonds. The van der Waals surface area contributed by atoms with E-state index in [0.29, 0.717) is 16.3 Å². The molecule has 33 heavy (non-hydrogen) atoms. The van der Waals surface area contributed by atoms with Gasteiger partial charge in [0.25, 0.3) is 11.6 Å². The predicted octanol–water partition coefficient (Wildman–Crippen LogP) is 4.29. The van der Waals surface area contributed by atoms with Gasteiger partial charge in [-0.3, -0.25) is 29.4 Å². The highest BCUT2D eigenvalue weighted by Crippen LogP contribution is 2.48. The van der Waals surface area contributed by atoms with Crippen LogP contribution in [0.5, 0.6) is 0 Å². The highest BCUT2D eigenvalue weighted by atomic mass is 35.5. The molecule has 0 aromatic heterocycles. The number of hydrogen-bond acceptors (Lipinski definition) is 6. The first-order valence-corrected chi connectivity index (χ1v) is 10.7. The van der Waals surface area contributed by atoms with Gasteiger partial charge in [0, 0.05) is 17.2 Å². The molecule has 0 radical (unpaired) electrons. The summed E-state index contributed by atoms with van der Waals surface area (Å²) in [5, 5.41) is 13.1. The van der Waals surface area contributed by atoms with E-state index in [9.17, 15) is 19.7 Å². The number of hydroxylamine groups is 1. The molecule has 0 bridgehead atoms. The number of hydrogen-bond donors (Lipinski definition) is 0. The fourth-order valence-electron chi connectivity index (χ4n) is 4.39. The first-order chi connectivity index (χ1) is 16.0. The van der Waals surface area contributed by atoms with Crippen LogP contribution in [0.25, 0.3) is 0 Å². The number of imide groups is 1. The fraction of sp³-hybridized carbons (Fsp3) is 0.167. The van der Waals surface area contributed by atoms with Gasteiger partial charge in [-0.25, -0.2) is 5.06 Å². The topological polar surface area (TPSA) is 93.0 Å². The van der Waals surface area contributed by atoms with Crippen LogP contribution in [0.2, 0.25) is 5.02 Å². The third-order valence-electron chi connectivity index (χ3n) is 5.91. The van der Waals surface area contributed by atoms with Gasteiger partial charge in [0.15, 0.2) is 6.10 Å². The molecule has 0 spiro atoms. The first kappa shape index (κ1) is 21.1. The number of fused-ring (bicyclic) bond motifs is 1. The summed E-state index contributed by atoms with van der Waals surface area (Å²) in [6.45, 7) is 0.140. The maximum atomic E-state index is 13.5. The number of nitro benzene ring substituents is 1. The second kappa shape index (κ2) is 8.31. The molecular weight excluding hydrogens is 446 g/mol. The lowest BCUT2D eigenvalue weighted by atomic mass is 9.90. The van der Waals surface area contributed by atoms with Gasteiger partial charge in [-0.1, -0.05) is 66.2 Å². The molecule has 0 aliphatic carbocycles. The highest BCUT2D eigenvalue weighted by molar-refractivity contribution is 6.31. The van der Waals surface area contributed by atoms with Crippen molar-refractivity contribution in [2.24, 2.45) is 5.92 Å². The number of carbonyl (C=O) groups is 2. The third kappa shape index (κ3) is 3.63. The van der Waals surface area contributed by atoms with Crippen molar-refractivity contribution in [1.29, 1.82) is 0 Å². The molecule has 3 aromatic rings. The van der Waals surface area contributed by atoms with Crippen molar-refractivity contribution in [3.63, 3.8) is 0 Å². The van der Waals surface area contributed by atoms with Crippen molar-refractivity contribution in [1.82, 2.24) is 4.90 Å². The lowest BCUT2D eigenvalue weighted by Gasteiger charge is -2.29. The lowest BCUT2D eigenvalue weighted by molar-refractivity contribution is -0.384. The van der Waals surface area contributed by atoms with Crippen molar-refractivity contribution in [2.75, 3.05) is 5.06 Å². The van der Waals surface area contributed by atoms with E-state index in [2.05, 4.69) is 0 Å². The smallest absolute Gasteiger partial charge is 0.271 e. The molecule has 2 aliphatic rings. The molecule has 3 aromatic carbocycles. The summed E-state index contributed by atoms with van der Waals surface area (Å²) in [5.74, 6) is -1.66. The number of carbonyl (C=O) groups excluding carboxylic acids is 2. The molecule has 0 unspecified atom stereocenters. The van der Waals surface area contributed by atoms with E-state index in [1.807, 2.05) is 30.3 Å². The summed E-state index contributed by atoms with van der Waals surface area (Å²) in [5.41, 5.74) is 1.65. The van der Waals surface area contributed by atoms with Crippen LogP contribution in [0.3, 0.4) is 0 Å². The van der Waals surface area contributed by atoms with Gasteiger partial charge in [0.2, 0.25) is 5.91 Å². The van der Waals surface area contributed by atoms with Crippen LogP contribution in [0.4, 0.5) is 11.4 Å². The number of anilines is 1. The number of rotatable bonds is 5. The second-order valence-corrected chi connectivity index (χ2v) is 8.28. The molecule has 2 fully saturated rings. The van der Waals surface area contributed by atoms with Crippen LogP contribution >= 0.6 is 11.6 Å². The van der Waals surface area contributed by atoms with Crippen molar-refractivity contribution in [3.05, 3.63) is 105 Å². The van der Waals surface area contributed by atoms with E-state index < -0.39 is 28.9 Å². The van der Waals surface area contributed by atoms with Gasteiger partial charge in [0.1, 0.15) is 5.92 Å². The quantitative estimate of drug-likeness (QED) is 0.318. The first-order valence-electron chi connectivity index (χ1n) is 10.3. The molecule has 2 saturated heterocycles. The Labute approximate surface area is 194 Å². The average Bonchev–Trinajstić information content (AvgIpc) is 3.32. The molecule has 3 atom stereocenters. The summed E-state index contributed by atoms with van der Waals surface area (Å²) in [7, 11) is 0. The van der Waals surface area contributed by atoms with Gasteiger partial charge in [-0.05, 0) is 23.3 Å². The average molecular weight is 464 g/mol. The molecule has 0 saturated carbocycles. The van der Waals surface area contributed by atoms with Crippen LogP contribution in [-0.2, 0) is 21.0 Å². The predicted molar refractivity (Wildman–Crippen MR) is 120 cm³/mol. The third-order valence-corrected chi connectivity index (χ3v) is 6.25. The number of likely N-dealkylation sites (tertiary alicyclic amines) is 1. The summed E-state index contributed by atoms with van der Waals surface area (Å²) in [6, 6.07) is 21.4. The normalized spacial score (nSPS) is 22.0. The van der Waals surface area contributed by atoms with Crippen molar-refractivity contribution >= 4 is 34.8 Å². The Balaban J connectivity index is 1.56. The highest BCUT2D eigenvalue weighted by Gasteiger charge is 2.60. The maximum Gasteiger partial charge on any atom is 0.271 e. The number of nitrogens with zero attached hydrogens (tertiary/aromatic N) is 3. The Hall–Kier alpha value is -3.75. The van der Waals surface area contributed by atoms with E-state index in [4.69, 9.17) is 16.4 Å². The van der Waals surface area contributed by atoms with E-state index in [1.54, 1.807) is 30.3 Å². The fourth-order valence-corrected chi connectivity index (χ4v) is 4.64. The molecule has 8 nitrogen and oxygen atoms in total. The number of benzene rings is 3. The summed E-state index contributed by atoms with van der Waals surface area (Å²) in [4.78, 5) is 44.7. The van der Waals surface area contributed by atoms with E-state index in [1.165, 1.54) is 28.2 Å². The van der Waals surface area contributed by atoms with Crippen LogP contribution in [0.15, 0.2) is 78.9 Å². The van der Waals surface area contributed by atoms with Gasteiger partial charge >= 0.3 is 0 Å². The zero-order chi connectivity index (χ0) is 23.1. The van der Waals surface area contributed by atoms with Crippen molar-refractivity contribution in [2.45, 2.75) is 18.7 Å². The number of halogens is 1. The molecule has 9 heteroatoms. The molecule has 166 valence electrons. The zero-order valence-corrected chi connectivity index (χ0v) is 18.0. The maximum absolute atomic E-state index is 13.5. The number of amides is 2.